The highest BCUT2D eigenvalue weighted by Crippen LogP contribution is 2.27. The largest absolute Gasteiger partial charge is 0.497 e. The average molecular weight is 462 g/mol. The van der Waals surface area contributed by atoms with Crippen molar-refractivity contribution in [2.24, 2.45) is 0 Å². The van der Waals surface area contributed by atoms with Gasteiger partial charge in [0.25, 0.3) is 0 Å². The Kier molecular flexibility index (Phi) is 5.74. The Morgan fingerprint density at radius 2 is 1.88 bits per heavy atom. The number of hydrogen-bond acceptors (Lipinski definition) is 7. The summed E-state index contributed by atoms with van der Waals surface area (Å²) in [6, 6.07) is 19.5. The first kappa shape index (κ1) is 20.5. The SMILES string of the molecule is COc1ccc(-n2c(Cn3c(=O)sc4ccccc43)nnc2SCc2cccnc2)cc1. The van der Waals surface area contributed by atoms with E-state index in [1.165, 1.54) is 11.3 Å². The third kappa shape index (κ3) is 4.04. The average Bonchev–Trinajstić information content (AvgIpc) is 3.39. The Labute approximate surface area is 192 Å². The number of rotatable bonds is 7. The maximum absolute atomic E-state index is 12.7. The van der Waals surface area contributed by atoms with Crippen molar-refractivity contribution in [1.82, 2.24) is 24.3 Å². The molecule has 0 amide bonds. The molecule has 0 radical (unpaired) electrons. The Hall–Kier alpha value is -3.43. The summed E-state index contributed by atoms with van der Waals surface area (Å²) >= 11 is 2.82. The predicted octanol–water partition coefficient (Wildman–Crippen LogP) is 4.39. The molecule has 0 aliphatic rings. The van der Waals surface area contributed by atoms with Gasteiger partial charge in [0.2, 0.25) is 0 Å². The van der Waals surface area contributed by atoms with Crippen LogP contribution in [0, 0.1) is 0 Å². The van der Waals surface area contributed by atoms with Crippen molar-refractivity contribution in [2.75, 3.05) is 7.11 Å². The van der Waals surface area contributed by atoms with Crippen molar-refractivity contribution < 1.29 is 4.74 Å². The van der Waals surface area contributed by atoms with Crippen molar-refractivity contribution in [1.29, 1.82) is 0 Å². The lowest BCUT2D eigenvalue weighted by molar-refractivity contribution is 0.414. The number of hydrogen-bond donors (Lipinski definition) is 0. The number of thiazole rings is 1. The van der Waals surface area contributed by atoms with Crippen LogP contribution in [0.5, 0.6) is 5.75 Å². The smallest absolute Gasteiger partial charge is 0.308 e. The van der Waals surface area contributed by atoms with Crippen LogP contribution < -0.4 is 9.61 Å². The van der Waals surface area contributed by atoms with Gasteiger partial charge in [0.1, 0.15) is 5.75 Å². The summed E-state index contributed by atoms with van der Waals surface area (Å²) < 4.78 is 10.0. The van der Waals surface area contributed by atoms with Crippen LogP contribution in [0.15, 0.2) is 83.0 Å². The number of aromatic nitrogens is 5. The van der Waals surface area contributed by atoms with Crippen LogP contribution in [0.25, 0.3) is 15.9 Å². The highest BCUT2D eigenvalue weighted by molar-refractivity contribution is 7.98. The second kappa shape index (κ2) is 8.97. The molecule has 0 saturated heterocycles. The lowest BCUT2D eigenvalue weighted by atomic mass is 10.3. The second-order valence-electron chi connectivity index (χ2n) is 7.00. The highest BCUT2D eigenvalue weighted by Gasteiger charge is 2.17. The standard InChI is InChI=1S/C23H19N5O2S2/c1-30-18-10-8-17(9-11-18)28-21(14-27-19-6-2-3-7-20(19)32-23(27)29)25-26-22(28)31-15-16-5-4-12-24-13-16/h2-13H,14-15H2,1H3. The first-order chi connectivity index (χ1) is 15.7. The number of para-hydroxylation sites is 1. The molecular formula is C23H19N5O2S2. The topological polar surface area (TPSA) is 74.8 Å². The van der Waals surface area contributed by atoms with E-state index in [2.05, 4.69) is 15.2 Å². The molecule has 3 aromatic heterocycles. The van der Waals surface area contributed by atoms with Gasteiger partial charge in [-0.3, -0.25) is 18.9 Å². The third-order valence-electron chi connectivity index (χ3n) is 4.99. The minimum atomic E-state index is -0.0138. The summed E-state index contributed by atoms with van der Waals surface area (Å²) in [5.41, 5.74) is 2.91. The van der Waals surface area contributed by atoms with Gasteiger partial charge in [0.05, 0.1) is 23.9 Å². The Balaban J connectivity index is 1.54. The fourth-order valence-corrected chi connectivity index (χ4v) is 5.22. The molecule has 0 atom stereocenters. The molecule has 5 rings (SSSR count). The number of pyridine rings is 1. The summed E-state index contributed by atoms with van der Waals surface area (Å²) in [6.07, 6.45) is 3.61. The summed E-state index contributed by atoms with van der Waals surface area (Å²) in [6.45, 7) is 0.329. The van der Waals surface area contributed by atoms with Gasteiger partial charge in [-0.05, 0) is 48.0 Å². The minimum Gasteiger partial charge on any atom is -0.497 e. The molecule has 3 heterocycles. The summed E-state index contributed by atoms with van der Waals surface area (Å²) in [7, 11) is 1.64. The molecule has 9 heteroatoms. The Bertz CT molecular complexity index is 1410. The van der Waals surface area contributed by atoms with E-state index >= 15 is 0 Å². The Morgan fingerprint density at radius 1 is 1.03 bits per heavy atom. The molecule has 0 bridgehead atoms. The molecule has 0 aliphatic carbocycles. The molecule has 0 fully saturated rings. The maximum Gasteiger partial charge on any atom is 0.308 e. The number of thioether (sulfide) groups is 1. The summed E-state index contributed by atoms with van der Waals surface area (Å²) in [5, 5.41) is 9.66. The van der Waals surface area contributed by atoms with E-state index in [0.717, 1.165) is 32.4 Å². The molecular weight excluding hydrogens is 442 g/mol. The van der Waals surface area contributed by atoms with Gasteiger partial charge < -0.3 is 4.74 Å². The predicted molar refractivity (Wildman–Crippen MR) is 127 cm³/mol. The van der Waals surface area contributed by atoms with E-state index in [-0.39, 0.29) is 4.87 Å². The quantitative estimate of drug-likeness (QED) is 0.335. The molecule has 0 unspecified atom stereocenters. The highest BCUT2D eigenvalue weighted by atomic mass is 32.2. The van der Waals surface area contributed by atoms with Gasteiger partial charge >= 0.3 is 4.87 Å². The van der Waals surface area contributed by atoms with Crippen molar-refractivity contribution in [3.05, 3.63) is 94.1 Å². The van der Waals surface area contributed by atoms with Gasteiger partial charge in [-0.1, -0.05) is 41.3 Å². The fourth-order valence-electron chi connectivity index (χ4n) is 3.42. The molecule has 0 aliphatic heterocycles. The molecule has 0 N–H and O–H groups in total. The number of methoxy groups -OCH3 is 1. The summed E-state index contributed by atoms with van der Waals surface area (Å²) in [5.74, 6) is 2.17. The number of fused-ring (bicyclic) bond motifs is 1. The Morgan fingerprint density at radius 3 is 2.66 bits per heavy atom. The molecule has 0 saturated carbocycles. The van der Waals surface area contributed by atoms with Crippen LogP contribution in [0.4, 0.5) is 0 Å². The molecule has 160 valence electrons. The summed E-state index contributed by atoms with van der Waals surface area (Å²) in [4.78, 5) is 16.9. The monoisotopic (exact) mass is 461 g/mol. The van der Waals surface area contributed by atoms with Crippen molar-refractivity contribution in [3.63, 3.8) is 0 Å². The number of ether oxygens (including phenoxy) is 1. The van der Waals surface area contributed by atoms with Crippen LogP contribution >= 0.6 is 23.1 Å². The van der Waals surface area contributed by atoms with Gasteiger partial charge in [-0.2, -0.15) is 0 Å². The molecule has 0 spiro atoms. The first-order valence-electron chi connectivity index (χ1n) is 9.92. The van der Waals surface area contributed by atoms with E-state index in [9.17, 15) is 4.79 Å². The van der Waals surface area contributed by atoms with Crippen molar-refractivity contribution >= 4 is 33.3 Å². The van der Waals surface area contributed by atoms with Gasteiger partial charge in [-0.25, -0.2) is 0 Å². The minimum absolute atomic E-state index is 0.0138. The third-order valence-corrected chi connectivity index (χ3v) is 6.96. The van der Waals surface area contributed by atoms with E-state index in [1.54, 1.807) is 29.6 Å². The first-order valence-corrected chi connectivity index (χ1v) is 11.7. The lowest BCUT2D eigenvalue weighted by Crippen LogP contribution is -2.16. The molecule has 5 aromatic rings. The molecule has 2 aromatic carbocycles. The van der Waals surface area contributed by atoms with E-state index in [4.69, 9.17) is 4.74 Å². The van der Waals surface area contributed by atoms with Crippen LogP contribution in [0.3, 0.4) is 0 Å². The van der Waals surface area contributed by atoms with E-state index in [0.29, 0.717) is 18.1 Å². The number of benzene rings is 2. The zero-order chi connectivity index (χ0) is 21.9. The van der Waals surface area contributed by atoms with Crippen LogP contribution in [-0.4, -0.2) is 31.4 Å². The van der Waals surface area contributed by atoms with Gasteiger partial charge in [0, 0.05) is 23.8 Å². The zero-order valence-electron chi connectivity index (χ0n) is 17.2. The fraction of sp³-hybridized carbons (Fsp3) is 0.130. The van der Waals surface area contributed by atoms with Gasteiger partial charge in [-0.15, -0.1) is 10.2 Å². The van der Waals surface area contributed by atoms with Crippen molar-refractivity contribution in [2.45, 2.75) is 17.5 Å². The maximum atomic E-state index is 12.7. The van der Waals surface area contributed by atoms with E-state index < -0.39 is 0 Å². The number of nitrogens with zero attached hydrogens (tertiary/aromatic N) is 5. The van der Waals surface area contributed by atoms with Gasteiger partial charge in [0.15, 0.2) is 11.0 Å². The van der Waals surface area contributed by atoms with Crippen molar-refractivity contribution in [3.8, 4) is 11.4 Å². The lowest BCUT2D eigenvalue weighted by Gasteiger charge is -2.11. The second-order valence-corrected chi connectivity index (χ2v) is 8.94. The van der Waals surface area contributed by atoms with E-state index in [1.807, 2.05) is 71.4 Å². The van der Waals surface area contributed by atoms with Crippen LogP contribution in [-0.2, 0) is 12.3 Å². The zero-order valence-corrected chi connectivity index (χ0v) is 18.8. The molecule has 7 nitrogen and oxygen atoms in total. The normalized spacial score (nSPS) is 11.2. The molecule has 32 heavy (non-hydrogen) atoms. The van der Waals surface area contributed by atoms with Crippen LogP contribution in [0.2, 0.25) is 0 Å². The van der Waals surface area contributed by atoms with Crippen LogP contribution in [0.1, 0.15) is 11.4 Å².